The predicted molar refractivity (Wildman–Crippen MR) is 102 cm³/mol. The molecule has 1 amide bonds. The Kier molecular flexibility index (Phi) is 3.80. The number of imidazole rings is 1. The number of aromatic nitrogens is 3. The van der Waals surface area contributed by atoms with Crippen LogP contribution in [0.1, 0.15) is 16.8 Å². The van der Waals surface area contributed by atoms with Crippen LogP contribution in [-0.4, -0.2) is 20.9 Å². The Morgan fingerprint density at radius 1 is 1.08 bits per heavy atom. The number of hydrogen-bond donors (Lipinski definition) is 3. The highest BCUT2D eigenvalue weighted by atomic mass is 16.1. The number of aryl methyl sites for hydroxylation is 2. The first kappa shape index (κ1) is 16.1. The first-order chi connectivity index (χ1) is 12.5. The van der Waals surface area contributed by atoms with Crippen molar-refractivity contribution in [2.24, 2.45) is 0 Å². The minimum absolute atomic E-state index is 0.120. The largest absolute Gasteiger partial charge is 0.326 e. The molecule has 0 saturated heterocycles. The van der Waals surface area contributed by atoms with Gasteiger partial charge in [-0.1, -0.05) is 18.2 Å². The van der Waals surface area contributed by atoms with Gasteiger partial charge in [-0.2, -0.15) is 0 Å². The molecule has 6 nitrogen and oxygen atoms in total. The summed E-state index contributed by atoms with van der Waals surface area (Å²) in [6.07, 6.45) is 0.247. The van der Waals surface area contributed by atoms with Gasteiger partial charge in [-0.15, -0.1) is 0 Å². The molecule has 0 spiro atoms. The van der Waals surface area contributed by atoms with Crippen LogP contribution < -0.4 is 11.0 Å². The van der Waals surface area contributed by atoms with Crippen LogP contribution in [0, 0.1) is 13.8 Å². The van der Waals surface area contributed by atoms with Gasteiger partial charge >= 0.3 is 5.69 Å². The Morgan fingerprint density at radius 3 is 2.69 bits per heavy atom. The molecule has 0 saturated carbocycles. The van der Waals surface area contributed by atoms with E-state index in [4.69, 9.17) is 0 Å². The molecule has 0 fully saturated rings. The summed E-state index contributed by atoms with van der Waals surface area (Å²) in [7, 11) is 0. The molecule has 26 heavy (non-hydrogen) atoms. The van der Waals surface area contributed by atoms with Gasteiger partial charge in [0.15, 0.2) is 0 Å². The summed E-state index contributed by atoms with van der Waals surface area (Å²) in [5.74, 6) is -0.120. The second-order valence-electron chi connectivity index (χ2n) is 6.38. The number of pyridine rings is 1. The second-order valence-corrected chi connectivity index (χ2v) is 6.38. The van der Waals surface area contributed by atoms with E-state index in [2.05, 4.69) is 20.3 Å². The molecule has 3 N–H and O–H groups in total. The Morgan fingerprint density at radius 2 is 1.85 bits per heavy atom. The van der Waals surface area contributed by atoms with Crippen molar-refractivity contribution in [3.8, 4) is 0 Å². The fourth-order valence-electron chi connectivity index (χ4n) is 3.31. The predicted octanol–water partition coefficient (Wildman–Crippen LogP) is 3.20. The molecule has 130 valence electrons. The molecular weight excluding hydrogens is 328 g/mol. The topological polar surface area (TPSA) is 90.6 Å². The summed E-state index contributed by atoms with van der Waals surface area (Å²) in [6.45, 7) is 3.95. The smallest absolute Gasteiger partial charge is 0.323 e. The van der Waals surface area contributed by atoms with Gasteiger partial charge in [0, 0.05) is 16.8 Å². The van der Waals surface area contributed by atoms with Crippen molar-refractivity contribution in [1.29, 1.82) is 0 Å². The van der Waals surface area contributed by atoms with Crippen molar-refractivity contribution in [3.63, 3.8) is 0 Å². The number of fused-ring (bicyclic) bond motifs is 2. The summed E-state index contributed by atoms with van der Waals surface area (Å²) in [5.41, 5.74) is 5.56. The number of amides is 1. The minimum atomic E-state index is -0.267. The molecule has 4 rings (SSSR count). The summed E-state index contributed by atoms with van der Waals surface area (Å²) in [6, 6.07) is 13.2. The van der Waals surface area contributed by atoms with Crippen molar-refractivity contribution in [2.75, 3.05) is 5.32 Å². The number of carbonyl (C=O) groups excluding carboxylic acids is 1. The van der Waals surface area contributed by atoms with Gasteiger partial charge in [0.25, 0.3) is 0 Å². The number of hydrogen-bond acceptors (Lipinski definition) is 3. The standard InChI is InChI=1S/C20H18N4O2/c1-11-14-5-3-4-6-16(14)21-12(2)15(11)10-19(25)22-13-7-8-17-18(9-13)24-20(26)23-17/h3-9H,10H2,1-2H3,(H,22,25)(H2,23,24,26). The molecule has 2 heterocycles. The van der Waals surface area contributed by atoms with Crippen molar-refractivity contribution in [1.82, 2.24) is 15.0 Å². The van der Waals surface area contributed by atoms with Crippen molar-refractivity contribution in [2.45, 2.75) is 20.3 Å². The molecule has 4 aromatic rings. The van der Waals surface area contributed by atoms with Crippen molar-refractivity contribution >= 4 is 33.5 Å². The van der Waals surface area contributed by atoms with E-state index in [1.165, 1.54) is 0 Å². The highest BCUT2D eigenvalue weighted by Crippen LogP contribution is 2.23. The summed E-state index contributed by atoms with van der Waals surface area (Å²) in [4.78, 5) is 33.9. The zero-order chi connectivity index (χ0) is 18.3. The van der Waals surface area contributed by atoms with Gasteiger partial charge in [0.2, 0.25) is 5.91 Å². The van der Waals surface area contributed by atoms with Crippen LogP contribution in [0.15, 0.2) is 47.3 Å². The number of anilines is 1. The summed E-state index contributed by atoms with van der Waals surface area (Å²) >= 11 is 0. The molecule has 2 aromatic heterocycles. The fourth-order valence-corrected chi connectivity index (χ4v) is 3.31. The van der Waals surface area contributed by atoms with E-state index in [9.17, 15) is 9.59 Å². The van der Waals surface area contributed by atoms with Gasteiger partial charge in [0.1, 0.15) is 0 Å². The third-order valence-electron chi connectivity index (χ3n) is 4.62. The molecule has 6 heteroatoms. The van der Waals surface area contributed by atoms with E-state index in [-0.39, 0.29) is 18.0 Å². The maximum absolute atomic E-state index is 12.5. The maximum Gasteiger partial charge on any atom is 0.323 e. The Bertz CT molecular complexity index is 1200. The average Bonchev–Trinajstić information content (AvgIpc) is 2.98. The lowest BCUT2D eigenvalue weighted by molar-refractivity contribution is -0.115. The van der Waals surface area contributed by atoms with Gasteiger partial charge in [-0.25, -0.2) is 4.79 Å². The molecule has 2 aromatic carbocycles. The lowest BCUT2D eigenvalue weighted by Crippen LogP contribution is -2.16. The summed E-state index contributed by atoms with van der Waals surface area (Å²) in [5, 5.41) is 3.95. The molecule has 0 bridgehead atoms. The quantitative estimate of drug-likeness (QED) is 0.532. The van der Waals surface area contributed by atoms with Crippen LogP contribution in [0.25, 0.3) is 21.9 Å². The second kappa shape index (κ2) is 6.15. The Balaban J connectivity index is 1.61. The molecule has 0 aliphatic carbocycles. The minimum Gasteiger partial charge on any atom is -0.326 e. The van der Waals surface area contributed by atoms with E-state index in [1.54, 1.807) is 18.2 Å². The molecule has 0 atom stereocenters. The van der Waals surface area contributed by atoms with E-state index in [0.717, 1.165) is 27.7 Å². The third kappa shape index (κ3) is 2.86. The van der Waals surface area contributed by atoms with Gasteiger partial charge < -0.3 is 15.3 Å². The normalized spacial score (nSPS) is 11.2. The average molecular weight is 346 g/mol. The van der Waals surface area contributed by atoms with Crippen molar-refractivity contribution in [3.05, 3.63) is 69.8 Å². The van der Waals surface area contributed by atoms with Crippen LogP contribution in [-0.2, 0) is 11.2 Å². The highest BCUT2D eigenvalue weighted by Gasteiger charge is 2.13. The number of nitrogens with zero attached hydrogens (tertiary/aromatic N) is 1. The number of rotatable bonds is 3. The van der Waals surface area contributed by atoms with Crippen LogP contribution in [0.5, 0.6) is 0 Å². The lowest BCUT2D eigenvalue weighted by atomic mass is 9.99. The molecular formula is C20H18N4O2. The van der Waals surface area contributed by atoms with E-state index < -0.39 is 0 Å². The molecule has 0 unspecified atom stereocenters. The summed E-state index contributed by atoms with van der Waals surface area (Å²) < 4.78 is 0. The highest BCUT2D eigenvalue weighted by molar-refractivity contribution is 5.95. The van der Waals surface area contributed by atoms with Gasteiger partial charge in [-0.3, -0.25) is 9.78 Å². The number of para-hydroxylation sites is 1. The number of H-pyrrole nitrogens is 2. The van der Waals surface area contributed by atoms with Gasteiger partial charge in [0.05, 0.1) is 23.0 Å². The fraction of sp³-hybridized carbons (Fsp3) is 0.150. The first-order valence-electron chi connectivity index (χ1n) is 8.38. The maximum atomic E-state index is 12.5. The number of benzene rings is 2. The monoisotopic (exact) mass is 346 g/mol. The number of carbonyl (C=O) groups is 1. The lowest BCUT2D eigenvalue weighted by Gasteiger charge is -2.12. The van der Waals surface area contributed by atoms with E-state index >= 15 is 0 Å². The van der Waals surface area contributed by atoms with Gasteiger partial charge in [-0.05, 0) is 49.2 Å². The van der Waals surface area contributed by atoms with Crippen LogP contribution in [0.4, 0.5) is 5.69 Å². The van der Waals surface area contributed by atoms with E-state index in [0.29, 0.717) is 16.7 Å². The first-order valence-corrected chi connectivity index (χ1v) is 8.38. The SMILES string of the molecule is Cc1nc2ccccc2c(C)c1CC(=O)Nc1ccc2[nH]c(=O)[nH]c2c1. The number of aromatic amines is 2. The Labute approximate surface area is 149 Å². The van der Waals surface area contributed by atoms with Crippen LogP contribution in [0.3, 0.4) is 0 Å². The molecule has 0 radical (unpaired) electrons. The number of nitrogens with one attached hydrogen (secondary N) is 3. The third-order valence-corrected chi connectivity index (χ3v) is 4.62. The zero-order valence-electron chi connectivity index (χ0n) is 14.5. The van der Waals surface area contributed by atoms with Crippen molar-refractivity contribution < 1.29 is 4.79 Å². The van der Waals surface area contributed by atoms with E-state index in [1.807, 2.05) is 38.1 Å². The van der Waals surface area contributed by atoms with Crippen LogP contribution >= 0.6 is 0 Å². The molecule has 0 aliphatic heterocycles. The Hall–Kier alpha value is -3.41. The molecule has 0 aliphatic rings. The van der Waals surface area contributed by atoms with Crippen LogP contribution in [0.2, 0.25) is 0 Å². The zero-order valence-corrected chi connectivity index (χ0v) is 14.5.